The van der Waals surface area contributed by atoms with Crippen molar-refractivity contribution in [1.29, 1.82) is 0 Å². The molecule has 0 aromatic carbocycles. The second-order valence-corrected chi connectivity index (χ2v) is 2.68. The lowest BCUT2D eigenvalue weighted by molar-refractivity contribution is 0.210. The Labute approximate surface area is 59.9 Å². The van der Waals surface area contributed by atoms with E-state index in [1.165, 1.54) is 0 Å². The SMILES string of the molecule is C[C@](N)(CO)c1cc[nH]c1. The maximum absolute atomic E-state index is 8.83. The summed E-state index contributed by atoms with van der Waals surface area (Å²) in [5.41, 5.74) is 6.03. The molecule has 0 aliphatic carbocycles. The normalized spacial score (nSPS) is 16.7. The van der Waals surface area contributed by atoms with Crippen LogP contribution >= 0.6 is 0 Å². The largest absolute Gasteiger partial charge is 0.394 e. The number of rotatable bonds is 2. The second kappa shape index (κ2) is 2.44. The predicted octanol–water partition coefficient (Wildman–Crippen LogP) is 0.181. The zero-order chi connectivity index (χ0) is 7.61. The summed E-state index contributed by atoms with van der Waals surface area (Å²) >= 11 is 0. The first-order chi connectivity index (χ1) is 4.67. The van der Waals surface area contributed by atoms with Gasteiger partial charge in [0.15, 0.2) is 0 Å². The van der Waals surface area contributed by atoms with E-state index < -0.39 is 5.54 Å². The molecule has 1 heterocycles. The third kappa shape index (κ3) is 1.20. The van der Waals surface area contributed by atoms with E-state index in [-0.39, 0.29) is 6.61 Å². The maximum atomic E-state index is 8.83. The number of aromatic amines is 1. The van der Waals surface area contributed by atoms with Gasteiger partial charge in [-0.25, -0.2) is 0 Å². The van der Waals surface area contributed by atoms with Gasteiger partial charge >= 0.3 is 0 Å². The molecule has 4 N–H and O–H groups in total. The minimum atomic E-state index is -0.611. The monoisotopic (exact) mass is 140 g/mol. The third-order valence-electron chi connectivity index (χ3n) is 1.59. The molecule has 3 nitrogen and oxygen atoms in total. The lowest BCUT2D eigenvalue weighted by Gasteiger charge is -2.19. The molecule has 0 unspecified atom stereocenters. The lowest BCUT2D eigenvalue weighted by atomic mass is 9.98. The van der Waals surface area contributed by atoms with Gasteiger partial charge in [0.2, 0.25) is 0 Å². The summed E-state index contributed by atoms with van der Waals surface area (Å²) < 4.78 is 0. The smallest absolute Gasteiger partial charge is 0.0651 e. The Hall–Kier alpha value is -0.800. The average Bonchev–Trinajstić information content (AvgIpc) is 2.38. The van der Waals surface area contributed by atoms with Crippen molar-refractivity contribution in [2.45, 2.75) is 12.5 Å². The van der Waals surface area contributed by atoms with E-state index in [1.807, 2.05) is 6.07 Å². The molecule has 0 aliphatic heterocycles. The van der Waals surface area contributed by atoms with Crippen LogP contribution in [0.2, 0.25) is 0 Å². The van der Waals surface area contributed by atoms with E-state index in [0.29, 0.717) is 0 Å². The molecule has 0 saturated carbocycles. The van der Waals surface area contributed by atoms with Gasteiger partial charge in [0, 0.05) is 12.4 Å². The van der Waals surface area contributed by atoms with E-state index in [1.54, 1.807) is 19.3 Å². The fraction of sp³-hybridized carbons (Fsp3) is 0.429. The first kappa shape index (κ1) is 7.31. The minimum absolute atomic E-state index is 0.0369. The summed E-state index contributed by atoms with van der Waals surface area (Å²) in [4.78, 5) is 2.88. The Kier molecular flexibility index (Phi) is 1.78. The lowest BCUT2D eigenvalue weighted by Crippen LogP contribution is -2.36. The van der Waals surface area contributed by atoms with Gasteiger partial charge in [-0.15, -0.1) is 0 Å². The highest BCUT2D eigenvalue weighted by Crippen LogP contribution is 2.14. The number of aliphatic hydroxyl groups excluding tert-OH is 1. The van der Waals surface area contributed by atoms with Crippen molar-refractivity contribution in [2.24, 2.45) is 5.73 Å². The number of aromatic nitrogens is 1. The Balaban J connectivity index is 2.85. The highest BCUT2D eigenvalue weighted by molar-refractivity contribution is 5.18. The molecule has 1 aromatic rings. The Bertz CT molecular complexity index is 191. The van der Waals surface area contributed by atoms with Gasteiger partial charge in [-0.3, -0.25) is 0 Å². The van der Waals surface area contributed by atoms with Crippen LogP contribution in [0, 0.1) is 0 Å². The molecule has 3 heteroatoms. The number of nitrogens with one attached hydrogen (secondary N) is 1. The fourth-order valence-electron chi connectivity index (χ4n) is 0.770. The van der Waals surface area contributed by atoms with Gasteiger partial charge in [0.05, 0.1) is 12.1 Å². The highest BCUT2D eigenvalue weighted by atomic mass is 16.3. The van der Waals surface area contributed by atoms with Crippen molar-refractivity contribution in [3.63, 3.8) is 0 Å². The topological polar surface area (TPSA) is 62.0 Å². The van der Waals surface area contributed by atoms with E-state index in [2.05, 4.69) is 4.98 Å². The van der Waals surface area contributed by atoms with E-state index in [9.17, 15) is 0 Å². The molecule has 56 valence electrons. The number of hydrogen-bond donors (Lipinski definition) is 3. The van der Waals surface area contributed by atoms with Crippen molar-refractivity contribution in [1.82, 2.24) is 4.98 Å². The van der Waals surface area contributed by atoms with E-state index in [0.717, 1.165) is 5.56 Å². The molecule has 0 bridgehead atoms. The summed E-state index contributed by atoms with van der Waals surface area (Å²) in [5, 5.41) is 8.83. The van der Waals surface area contributed by atoms with Crippen LogP contribution in [-0.2, 0) is 5.54 Å². The third-order valence-corrected chi connectivity index (χ3v) is 1.59. The maximum Gasteiger partial charge on any atom is 0.0651 e. The summed E-state index contributed by atoms with van der Waals surface area (Å²) in [5.74, 6) is 0. The van der Waals surface area contributed by atoms with Crippen molar-refractivity contribution in [3.05, 3.63) is 24.0 Å². The van der Waals surface area contributed by atoms with Gasteiger partial charge in [0.1, 0.15) is 0 Å². The first-order valence-electron chi connectivity index (χ1n) is 3.20. The standard InChI is InChI=1S/C7H12N2O/c1-7(8,5-10)6-2-3-9-4-6/h2-4,9-10H,5,8H2,1H3/t7-/m0/s1. The van der Waals surface area contributed by atoms with Crippen LogP contribution in [0.5, 0.6) is 0 Å². The van der Waals surface area contributed by atoms with Crippen LogP contribution in [0.3, 0.4) is 0 Å². The number of nitrogens with two attached hydrogens (primary N) is 1. The summed E-state index contributed by atoms with van der Waals surface area (Å²) in [7, 11) is 0. The fourth-order valence-corrected chi connectivity index (χ4v) is 0.770. The Morgan fingerprint density at radius 3 is 2.90 bits per heavy atom. The zero-order valence-corrected chi connectivity index (χ0v) is 5.96. The number of hydrogen-bond acceptors (Lipinski definition) is 2. The molecule has 10 heavy (non-hydrogen) atoms. The molecule has 1 rings (SSSR count). The predicted molar refractivity (Wildman–Crippen MR) is 39.4 cm³/mol. The van der Waals surface area contributed by atoms with Gasteiger partial charge < -0.3 is 15.8 Å². The summed E-state index contributed by atoms with van der Waals surface area (Å²) in [6.45, 7) is 1.75. The van der Waals surface area contributed by atoms with Gasteiger partial charge in [-0.2, -0.15) is 0 Å². The molecule has 0 fully saturated rings. The number of aliphatic hydroxyl groups is 1. The molecular weight excluding hydrogens is 128 g/mol. The minimum Gasteiger partial charge on any atom is -0.394 e. The van der Waals surface area contributed by atoms with Gasteiger partial charge in [-0.05, 0) is 18.6 Å². The molecule has 0 aliphatic rings. The zero-order valence-electron chi connectivity index (χ0n) is 5.96. The summed E-state index contributed by atoms with van der Waals surface area (Å²) in [6, 6.07) is 1.86. The molecule has 0 amide bonds. The van der Waals surface area contributed by atoms with Crippen LogP contribution < -0.4 is 5.73 Å². The molecule has 0 saturated heterocycles. The molecular formula is C7H12N2O. The van der Waals surface area contributed by atoms with Crippen LogP contribution in [0.4, 0.5) is 0 Å². The van der Waals surface area contributed by atoms with Gasteiger partial charge in [-0.1, -0.05) is 0 Å². The van der Waals surface area contributed by atoms with Crippen molar-refractivity contribution >= 4 is 0 Å². The van der Waals surface area contributed by atoms with Crippen molar-refractivity contribution < 1.29 is 5.11 Å². The molecule has 0 radical (unpaired) electrons. The summed E-state index contributed by atoms with van der Waals surface area (Å²) in [6.07, 6.45) is 3.58. The van der Waals surface area contributed by atoms with Crippen molar-refractivity contribution in [3.8, 4) is 0 Å². The molecule has 0 spiro atoms. The second-order valence-electron chi connectivity index (χ2n) is 2.68. The highest BCUT2D eigenvalue weighted by Gasteiger charge is 2.19. The average molecular weight is 140 g/mol. The Morgan fingerprint density at radius 2 is 2.50 bits per heavy atom. The molecule has 1 atom stereocenters. The molecule has 1 aromatic heterocycles. The number of H-pyrrole nitrogens is 1. The van der Waals surface area contributed by atoms with E-state index in [4.69, 9.17) is 10.8 Å². The van der Waals surface area contributed by atoms with Crippen molar-refractivity contribution in [2.75, 3.05) is 6.61 Å². The van der Waals surface area contributed by atoms with Crippen LogP contribution in [0.25, 0.3) is 0 Å². The van der Waals surface area contributed by atoms with Crippen LogP contribution in [-0.4, -0.2) is 16.7 Å². The van der Waals surface area contributed by atoms with E-state index >= 15 is 0 Å². The van der Waals surface area contributed by atoms with Gasteiger partial charge in [0.25, 0.3) is 0 Å². The Morgan fingerprint density at radius 1 is 1.80 bits per heavy atom. The van der Waals surface area contributed by atoms with Crippen LogP contribution in [0.1, 0.15) is 12.5 Å². The first-order valence-corrected chi connectivity index (χ1v) is 3.20. The quantitative estimate of drug-likeness (QED) is 0.548. The van der Waals surface area contributed by atoms with Crippen LogP contribution in [0.15, 0.2) is 18.5 Å².